The van der Waals surface area contributed by atoms with Crippen LogP contribution >= 0.6 is 24.0 Å². The third-order valence-corrected chi connectivity index (χ3v) is 4.90. The Balaban J connectivity index is 0.00000420. The van der Waals surface area contributed by atoms with Crippen molar-refractivity contribution in [1.82, 2.24) is 15.2 Å². The maximum atomic E-state index is 11.9. The van der Waals surface area contributed by atoms with E-state index in [0.29, 0.717) is 6.54 Å². The van der Waals surface area contributed by atoms with E-state index in [1.807, 2.05) is 29.7 Å². The molecule has 0 bridgehead atoms. The predicted octanol–water partition coefficient (Wildman–Crippen LogP) is 4.09. The van der Waals surface area contributed by atoms with E-state index in [1.54, 1.807) is 6.07 Å². The van der Waals surface area contributed by atoms with Crippen LogP contribution in [0.3, 0.4) is 0 Å². The summed E-state index contributed by atoms with van der Waals surface area (Å²) in [6.07, 6.45) is 1.93. The first kappa shape index (κ1) is 25.2. The fourth-order valence-corrected chi connectivity index (χ4v) is 3.11. The van der Waals surface area contributed by atoms with Crippen LogP contribution in [0.15, 0.2) is 58.3 Å². The zero-order valence-electron chi connectivity index (χ0n) is 18.1. The molecule has 0 saturated carbocycles. The second-order valence-electron chi connectivity index (χ2n) is 7.74. The molecule has 0 amide bonds. The van der Waals surface area contributed by atoms with Crippen LogP contribution in [0.1, 0.15) is 44.9 Å². The molecule has 5 nitrogen and oxygen atoms in total. The van der Waals surface area contributed by atoms with Crippen LogP contribution in [0.25, 0.3) is 0 Å². The normalized spacial score (nSPS) is 11.7. The van der Waals surface area contributed by atoms with Gasteiger partial charge in [-0.3, -0.25) is 9.79 Å². The highest BCUT2D eigenvalue weighted by Gasteiger charge is 2.19. The minimum atomic E-state index is -0.0182. The van der Waals surface area contributed by atoms with E-state index in [0.717, 1.165) is 44.1 Å². The van der Waals surface area contributed by atoms with Gasteiger partial charge in [0.05, 0.1) is 6.54 Å². The molecule has 2 aromatic rings. The second-order valence-corrected chi connectivity index (χ2v) is 7.74. The Hall–Kier alpha value is -1.83. The fraction of sp³-hybridized carbons (Fsp3) is 0.478. The topological polar surface area (TPSA) is 58.4 Å². The SMILES string of the molecule is CCNC(=NCC(C)(C)c1ccccc1)NCCCCn1c(C)cccc1=O.I. The standard InChI is InChI=1S/C23H34N4O.HI/c1-5-24-22(26-18-23(3,4)20-13-7-6-8-14-20)25-16-9-10-17-27-19(2)12-11-15-21(27)28;/h6-8,11-15H,5,9-10,16-18H2,1-4H3,(H2,24,25,26);1H. The van der Waals surface area contributed by atoms with Crippen molar-refractivity contribution in [3.8, 4) is 0 Å². The summed E-state index contributed by atoms with van der Waals surface area (Å²) in [6, 6.07) is 15.9. The van der Waals surface area contributed by atoms with Crippen LogP contribution in [-0.2, 0) is 12.0 Å². The number of aryl methyl sites for hydroxylation is 1. The van der Waals surface area contributed by atoms with E-state index in [4.69, 9.17) is 4.99 Å². The van der Waals surface area contributed by atoms with Gasteiger partial charge in [-0.2, -0.15) is 0 Å². The Kier molecular flexibility index (Phi) is 11.0. The Labute approximate surface area is 192 Å². The lowest BCUT2D eigenvalue weighted by Gasteiger charge is -2.24. The summed E-state index contributed by atoms with van der Waals surface area (Å²) in [6.45, 7) is 11.6. The zero-order valence-corrected chi connectivity index (χ0v) is 20.4. The minimum Gasteiger partial charge on any atom is -0.357 e. The van der Waals surface area contributed by atoms with Crippen molar-refractivity contribution in [2.45, 2.75) is 52.5 Å². The Morgan fingerprint density at radius 2 is 1.76 bits per heavy atom. The van der Waals surface area contributed by atoms with Gasteiger partial charge in [-0.25, -0.2) is 0 Å². The molecule has 0 aliphatic heterocycles. The van der Waals surface area contributed by atoms with Crippen molar-refractivity contribution in [2.75, 3.05) is 19.6 Å². The minimum absolute atomic E-state index is 0. The summed E-state index contributed by atoms with van der Waals surface area (Å²) in [7, 11) is 0. The molecule has 0 atom stereocenters. The van der Waals surface area contributed by atoms with Crippen molar-refractivity contribution in [2.24, 2.45) is 4.99 Å². The average Bonchev–Trinajstić information content (AvgIpc) is 2.68. The van der Waals surface area contributed by atoms with E-state index in [9.17, 15) is 4.79 Å². The third kappa shape index (κ3) is 8.20. The van der Waals surface area contributed by atoms with Gasteiger partial charge in [0.25, 0.3) is 5.56 Å². The van der Waals surface area contributed by atoms with Gasteiger partial charge in [0.1, 0.15) is 0 Å². The monoisotopic (exact) mass is 510 g/mol. The van der Waals surface area contributed by atoms with Gasteiger partial charge in [0.15, 0.2) is 5.96 Å². The van der Waals surface area contributed by atoms with Gasteiger partial charge in [-0.15, -0.1) is 24.0 Å². The summed E-state index contributed by atoms with van der Waals surface area (Å²) in [5, 5.41) is 6.73. The lowest BCUT2D eigenvalue weighted by Crippen LogP contribution is -2.39. The number of hydrogen-bond donors (Lipinski definition) is 2. The second kappa shape index (κ2) is 12.7. The van der Waals surface area contributed by atoms with E-state index in [-0.39, 0.29) is 35.0 Å². The molecule has 0 fully saturated rings. The number of nitrogens with zero attached hydrogens (tertiary/aromatic N) is 2. The summed E-state index contributed by atoms with van der Waals surface area (Å²) >= 11 is 0. The molecule has 1 aromatic carbocycles. The summed E-state index contributed by atoms with van der Waals surface area (Å²) in [4.78, 5) is 16.7. The quantitative estimate of drug-likeness (QED) is 0.231. The lowest BCUT2D eigenvalue weighted by molar-refractivity contribution is 0.535. The van der Waals surface area contributed by atoms with Gasteiger partial charge >= 0.3 is 0 Å². The molecule has 29 heavy (non-hydrogen) atoms. The van der Waals surface area contributed by atoms with Crippen LogP contribution < -0.4 is 16.2 Å². The van der Waals surface area contributed by atoms with Crippen LogP contribution in [0.2, 0.25) is 0 Å². The number of halogens is 1. The molecular formula is C23H35IN4O. The highest BCUT2D eigenvalue weighted by atomic mass is 127. The number of hydrogen-bond acceptors (Lipinski definition) is 2. The summed E-state index contributed by atoms with van der Waals surface area (Å²) < 4.78 is 1.83. The molecule has 160 valence electrons. The third-order valence-electron chi connectivity index (χ3n) is 4.90. The number of aliphatic imine (C=N–C) groups is 1. The number of pyridine rings is 1. The molecule has 0 aliphatic carbocycles. The van der Waals surface area contributed by atoms with Crippen LogP contribution in [0, 0.1) is 6.92 Å². The van der Waals surface area contributed by atoms with E-state index < -0.39 is 0 Å². The van der Waals surface area contributed by atoms with E-state index >= 15 is 0 Å². The first-order chi connectivity index (χ1) is 13.4. The molecule has 0 aliphatic rings. The number of aromatic nitrogens is 1. The number of guanidine groups is 1. The van der Waals surface area contributed by atoms with Crippen LogP contribution in [-0.4, -0.2) is 30.2 Å². The molecule has 6 heteroatoms. The predicted molar refractivity (Wildman–Crippen MR) is 134 cm³/mol. The molecule has 0 unspecified atom stereocenters. The maximum absolute atomic E-state index is 11.9. The zero-order chi connectivity index (χ0) is 20.4. The molecule has 1 heterocycles. The van der Waals surface area contributed by atoms with Gasteiger partial charge in [-0.05, 0) is 38.3 Å². The molecular weight excluding hydrogens is 475 g/mol. The molecule has 0 radical (unpaired) electrons. The summed E-state index contributed by atoms with van der Waals surface area (Å²) in [5.74, 6) is 0.847. The molecule has 1 aromatic heterocycles. The van der Waals surface area contributed by atoms with E-state index in [1.165, 1.54) is 5.56 Å². The lowest BCUT2D eigenvalue weighted by atomic mass is 9.85. The number of nitrogens with one attached hydrogen (secondary N) is 2. The van der Waals surface area contributed by atoms with Gasteiger partial charge < -0.3 is 15.2 Å². The fourth-order valence-electron chi connectivity index (χ4n) is 3.11. The Morgan fingerprint density at radius 3 is 2.41 bits per heavy atom. The van der Waals surface area contributed by atoms with Crippen molar-refractivity contribution in [3.63, 3.8) is 0 Å². The first-order valence-corrected chi connectivity index (χ1v) is 10.2. The number of unbranched alkanes of at least 4 members (excludes halogenated alkanes) is 1. The van der Waals surface area contributed by atoms with Crippen molar-refractivity contribution in [1.29, 1.82) is 0 Å². The van der Waals surface area contributed by atoms with Crippen molar-refractivity contribution in [3.05, 3.63) is 70.1 Å². The van der Waals surface area contributed by atoms with E-state index in [2.05, 4.69) is 55.7 Å². The van der Waals surface area contributed by atoms with Crippen LogP contribution in [0.4, 0.5) is 0 Å². The summed E-state index contributed by atoms with van der Waals surface area (Å²) in [5.41, 5.74) is 2.36. The van der Waals surface area contributed by atoms with Gasteiger partial charge in [-0.1, -0.05) is 50.2 Å². The smallest absolute Gasteiger partial charge is 0.250 e. The highest BCUT2D eigenvalue weighted by Crippen LogP contribution is 2.22. The number of rotatable bonds is 9. The highest BCUT2D eigenvalue weighted by molar-refractivity contribution is 14.0. The Bertz CT molecular complexity index is 815. The van der Waals surface area contributed by atoms with Crippen molar-refractivity contribution >= 4 is 29.9 Å². The van der Waals surface area contributed by atoms with Crippen molar-refractivity contribution < 1.29 is 0 Å². The molecule has 2 rings (SSSR count). The molecule has 0 saturated heterocycles. The molecule has 0 spiro atoms. The van der Waals surface area contributed by atoms with Gasteiger partial charge in [0.2, 0.25) is 0 Å². The van der Waals surface area contributed by atoms with Crippen LogP contribution in [0.5, 0.6) is 0 Å². The first-order valence-electron chi connectivity index (χ1n) is 10.2. The molecule has 2 N–H and O–H groups in total. The maximum Gasteiger partial charge on any atom is 0.250 e. The van der Waals surface area contributed by atoms with Gasteiger partial charge in [0, 0.05) is 36.8 Å². The largest absolute Gasteiger partial charge is 0.357 e. The average molecular weight is 510 g/mol. The number of benzene rings is 1. The Morgan fingerprint density at radius 1 is 1.03 bits per heavy atom.